The van der Waals surface area contributed by atoms with Crippen LogP contribution < -0.4 is 4.74 Å². The van der Waals surface area contributed by atoms with Crippen molar-refractivity contribution in [1.29, 1.82) is 0 Å². The number of hydrogen-bond donors (Lipinski definition) is 0. The summed E-state index contributed by atoms with van der Waals surface area (Å²) in [6, 6.07) is 14.1. The van der Waals surface area contributed by atoms with Crippen LogP contribution in [-0.2, 0) is 0 Å². The molecule has 0 saturated carbocycles. The number of likely N-dealkylation sites (tertiary alicyclic amines) is 1. The molecule has 26 heavy (non-hydrogen) atoms. The quantitative estimate of drug-likeness (QED) is 0.720. The Morgan fingerprint density at radius 1 is 1.15 bits per heavy atom. The van der Waals surface area contributed by atoms with E-state index in [0.29, 0.717) is 18.7 Å². The van der Waals surface area contributed by atoms with Crippen molar-refractivity contribution in [3.8, 4) is 5.75 Å². The average molecular weight is 350 g/mol. The molecule has 0 spiro atoms. The maximum absolute atomic E-state index is 13.7. The number of carbonyl (C=O) groups is 1. The number of benzene rings is 2. The molecule has 4 nitrogen and oxygen atoms in total. The van der Waals surface area contributed by atoms with E-state index in [9.17, 15) is 9.18 Å². The van der Waals surface area contributed by atoms with E-state index in [4.69, 9.17) is 4.74 Å². The molecule has 0 atom stereocenters. The highest BCUT2D eigenvalue weighted by atomic mass is 19.1. The summed E-state index contributed by atoms with van der Waals surface area (Å²) in [6.45, 7) is 4.77. The molecule has 0 aliphatic carbocycles. The number of carbonyl (C=O) groups excluding carboxylic acids is 1. The second-order valence-electron chi connectivity index (χ2n) is 6.71. The van der Waals surface area contributed by atoms with Gasteiger partial charge in [0.1, 0.15) is 6.10 Å². The van der Waals surface area contributed by atoms with Gasteiger partial charge < -0.3 is 9.64 Å². The summed E-state index contributed by atoms with van der Waals surface area (Å²) in [7, 11) is 0. The minimum atomic E-state index is -0.386. The lowest BCUT2D eigenvalue weighted by Gasteiger charge is -2.39. The van der Waals surface area contributed by atoms with Gasteiger partial charge in [-0.25, -0.2) is 4.39 Å². The van der Waals surface area contributed by atoms with E-state index in [1.54, 1.807) is 23.1 Å². The number of pyridine rings is 1. The van der Waals surface area contributed by atoms with Gasteiger partial charge in [-0.1, -0.05) is 23.8 Å². The number of amides is 1. The molecular weight excluding hydrogens is 331 g/mol. The van der Waals surface area contributed by atoms with E-state index in [1.807, 2.05) is 38.1 Å². The summed E-state index contributed by atoms with van der Waals surface area (Å²) in [5, 5.41) is 0.860. The van der Waals surface area contributed by atoms with E-state index in [-0.39, 0.29) is 23.6 Å². The normalized spacial score (nSPS) is 14.3. The third-order valence-corrected chi connectivity index (χ3v) is 4.59. The second kappa shape index (κ2) is 6.41. The summed E-state index contributed by atoms with van der Waals surface area (Å²) in [4.78, 5) is 19.2. The van der Waals surface area contributed by atoms with Crippen LogP contribution in [0.4, 0.5) is 4.39 Å². The standard InChI is InChI=1S/C21H19FN2O2/c1-13-7-8-19-16(9-13)17(10-14(2)23-19)21(25)24-11-15(12-24)26-20-6-4-3-5-18(20)22/h3-10,15H,11-12H2,1-2H3. The molecule has 2 heterocycles. The smallest absolute Gasteiger partial charge is 0.254 e. The third kappa shape index (κ3) is 3.01. The van der Waals surface area contributed by atoms with Gasteiger partial charge in [-0.15, -0.1) is 0 Å². The summed E-state index contributed by atoms with van der Waals surface area (Å²) >= 11 is 0. The van der Waals surface area contributed by atoms with Gasteiger partial charge in [0.05, 0.1) is 24.2 Å². The van der Waals surface area contributed by atoms with Gasteiger partial charge in [0.25, 0.3) is 5.91 Å². The lowest BCUT2D eigenvalue weighted by molar-refractivity contribution is 0.0165. The molecule has 1 saturated heterocycles. The van der Waals surface area contributed by atoms with Crippen molar-refractivity contribution in [1.82, 2.24) is 9.88 Å². The summed E-state index contributed by atoms with van der Waals surface area (Å²) in [6.07, 6.45) is -0.188. The molecule has 132 valence electrons. The average Bonchev–Trinajstić information content (AvgIpc) is 2.58. The first-order valence-corrected chi connectivity index (χ1v) is 8.60. The van der Waals surface area contributed by atoms with Gasteiger partial charge >= 0.3 is 0 Å². The van der Waals surface area contributed by atoms with Crippen molar-refractivity contribution in [2.45, 2.75) is 20.0 Å². The zero-order chi connectivity index (χ0) is 18.3. The minimum absolute atomic E-state index is 0.0421. The van der Waals surface area contributed by atoms with Crippen molar-refractivity contribution in [2.75, 3.05) is 13.1 Å². The second-order valence-corrected chi connectivity index (χ2v) is 6.71. The Labute approximate surface area is 151 Å². The molecule has 1 amide bonds. The fourth-order valence-corrected chi connectivity index (χ4v) is 3.22. The van der Waals surface area contributed by atoms with Crippen LogP contribution in [0.25, 0.3) is 10.9 Å². The van der Waals surface area contributed by atoms with Crippen LogP contribution in [0, 0.1) is 19.7 Å². The minimum Gasteiger partial charge on any atom is -0.484 e. The number of halogens is 1. The Bertz CT molecular complexity index is 996. The zero-order valence-electron chi connectivity index (χ0n) is 14.7. The molecular formula is C21H19FN2O2. The molecule has 3 aromatic rings. The lowest BCUT2D eigenvalue weighted by atomic mass is 10.0. The van der Waals surface area contributed by atoms with Gasteiger partial charge in [0.2, 0.25) is 0 Å². The van der Waals surface area contributed by atoms with Gasteiger partial charge in [-0.2, -0.15) is 0 Å². The van der Waals surface area contributed by atoms with E-state index < -0.39 is 0 Å². The lowest BCUT2D eigenvalue weighted by Crippen LogP contribution is -2.56. The van der Waals surface area contributed by atoms with Crippen LogP contribution in [0.1, 0.15) is 21.6 Å². The summed E-state index contributed by atoms with van der Waals surface area (Å²) < 4.78 is 19.3. The molecule has 5 heteroatoms. The van der Waals surface area contributed by atoms with Crippen molar-refractivity contribution >= 4 is 16.8 Å². The molecule has 1 fully saturated rings. The predicted octanol–water partition coefficient (Wildman–Crippen LogP) is 3.89. The highest BCUT2D eigenvalue weighted by Crippen LogP contribution is 2.25. The van der Waals surface area contributed by atoms with E-state index >= 15 is 0 Å². The fourth-order valence-electron chi connectivity index (χ4n) is 3.22. The maximum atomic E-state index is 13.7. The summed E-state index contributed by atoms with van der Waals surface area (Å²) in [5.41, 5.74) is 3.37. The molecule has 4 rings (SSSR count). The number of ether oxygens (including phenoxy) is 1. The van der Waals surface area contributed by atoms with Crippen molar-refractivity contribution in [2.24, 2.45) is 0 Å². The zero-order valence-corrected chi connectivity index (χ0v) is 14.7. The molecule has 0 bridgehead atoms. The van der Waals surface area contributed by atoms with Crippen LogP contribution >= 0.6 is 0 Å². The van der Waals surface area contributed by atoms with Crippen molar-refractivity contribution < 1.29 is 13.9 Å². The van der Waals surface area contributed by atoms with Crippen LogP contribution in [0.15, 0.2) is 48.5 Å². The van der Waals surface area contributed by atoms with Crippen molar-refractivity contribution in [3.05, 3.63) is 71.2 Å². The number of aryl methyl sites for hydroxylation is 2. The number of hydrogen-bond acceptors (Lipinski definition) is 3. The van der Waals surface area contributed by atoms with Crippen molar-refractivity contribution in [3.63, 3.8) is 0 Å². The largest absolute Gasteiger partial charge is 0.484 e. The molecule has 0 radical (unpaired) electrons. The number of nitrogens with zero attached hydrogens (tertiary/aromatic N) is 2. The monoisotopic (exact) mass is 350 g/mol. The third-order valence-electron chi connectivity index (χ3n) is 4.59. The Kier molecular flexibility index (Phi) is 4.07. The van der Waals surface area contributed by atoms with E-state index in [2.05, 4.69) is 4.98 Å². The van der Waals surface area contributed by atoms with Crippen LogP contribution in [0.3, 0.4) is 0 Å². The van der Waals surface area contributed by atoms with E-state index in [1.165, 1.54) is 6.07 Å². The highest BCUT2D eigenvalue weighted by molar-refractivity contribution is 6.06. The number of para-hydroxylation sites is 1. The topological polar surface area (TPSA) is 42.4 Å². The first-order valence-electron chi connectivity index (χ1n) is 8.60. The summed E-state index contributed by atoms with van der Waals surface area (Å²) in [5.74, 6) is -0.201. The molecule has 1 aromatic heterocycles. The Hall–Kier alpha value is -2.95. The molecule has 1 aliphatic rings. The van der Waals surface area contributed by atoms with Gasteiger partial charge in [0.15, 0.2) is 11.6 Å². The fraction of sp³-hybridized carbons (Fsp3) is 0.238. The van der Waals surface area contributed by atoms with Crippen LogP contribution in [0.5, 0.6) is 5.75 Å². The van der Waals surface area contributed by atoms with E-state index in [0.717, 1.165) is 22.2 Å². The highest BCUT2D eigenvalue weighted by Gasteiger charge is 2.34. The molecule has 2 aromatic carbocycles. The number of aromatic nitrogens is 1. The molecule has 1 aliphatic heterocycles. The number of rotatable bonds is 3. The Balaban J connectivity index is 1.52. The Morgan fingerprint density at radius 2 is 1.92 bits per heavy atom. The maximum Gasteiger partial charge on any atom is 0.254 e. The van der Waals surface area contributed by atoms with Gasteiger partial charge in [0, 0.05) is 11.1 Å². The number of fused-ring (bicyclic) bond motifs is 1. The molecule has 0 N–H and O–H groups in total. The first kappa shape index (κ1) is 16.5. The molecule has 0 unspecified atom stereocenters. The SMILES string of the molecule is Cc1ccc2nc(C)cc(C(=O)N3CC(Oc4ccccc4F)C3)c2c1. The van der Waals surface area contributed by atoms with Crippen LogP contribution in [-0.4, -0.2) is 35.0 Å². The first-order chi connectivity index (χ1) is 12.5. The van der Waals surface area contributed by atoms with Gasteiger partial charge in [-0.05, 0) is 44.2 Å². The predicted molar refractivity (Wildman–Crippen MR) is 97.9 cm³/mol. The van der Waals surface area contributed by atoms with Gasteiger partial charge in [-0.3, -0.25) is 9.78 Å². The Morgan fingerprint density at radius 3 is 2.69 bits per heavy atom. The van der Waals surface area contributed by atoms with Crippen LogP contribution in [0.2, 0.25) is 0 Å².